The Morgan fingerprint density at radius 3 is 3.00 bits per heavy atom. The lowest BCUT2D eigenvalue weighted by molar-refractivity contribution is 0.112. The lowest BCUT2D eigenvalue weighted by Gasteiger charge is -1.92. The number of carbonyl (C=O) groups excluding carboxylic acids is 1. The van der Waals surface area contributed by atoms with E-state index in [1.807, 2.05) is 0 Å². The second-order valence-corrected chi connectivity index (χ2v) is 3.11. The molecule has 0 saturated carbocycles. The third-order valence-corrected chi connectivity index (χ3v) is 1.99. The molecule has 1 heterocycles. The van der Waals surface area contributed by atoms with Gasteiger partial charge < -0.3 is 4.42 Å². The Morgan fingerprint density at radius 1 is 1.54 bits per heavy atom. The van der Waals surface area contributed by atoms with Crippen molar-refractivity contribution in [3.63, 3.8) is 0 Å². The number of halogens is 1. The molecule has 0 bridgehead atoms. The fraction of sp³-hybridized carbons (Fsp3) is 0.111. The van der Waals surface area contributed by atoms with Crippen LogP contribution in [0.2, 0.25) is 5.02 Å². The quantitative estimate of drug-likeness (QED) is 0.657. The number of benzene rings is 1. The Morgan fingerprint density at radius 2 is 2.31 bits per heavy atom. The van der Waals surface area contributed by atoms with Gasteiger partial charge in [-0.2, -0.15) is 0 Å². The van der Waals surface area contributed by atoms with Gasteiger partial charge in [0.1, 0.15) is 11.8 Å². The third kappa shape index (κ3) is 1.31. The molecular formula is C9H6ClNO2. The standard InChI is InChI=1S/C9H6ClNO2/c1-5-11-8-3-6(4-12)2-7(10)9(8)13-5/h2-4H,1H3. The van der Waals surface area contributed by atoms with Crippen molar-refractivity contribution in [1.82, 2.24) is 4.98 Å². The minimum Gasteiger partial charge on any atom is -0.439 e. The highest BCUT2D eigenvalue weighted by Gasteiger charge is 2.07. The van der Waals surface area contributed by atoms with Crippen LogP contribution in [0.1, 0.15) is 16.2 Å². The molecular weight excluding hydrogens is 190 g/mol. The summed E-state index contributed by atoms with van der Waals surface area (Å²) >= 11 is 5.86. The van der Waals surface area contributed by atoms with Crippen molar-refractivity contribution in [3.05, 3.63) is 28.6 Å². The molecule has 3 nitrogen and oxygen atoms in total. The molecule has 13 heavy (non-hydrogen) atoms. The Balaban J connectivity index is 2.82. The molecule has 0 N–H and O–H groups in total. The Labute approximate surface area is 79.3 Å². The Bertz CT molecular complexity index is 476. The molecule has 0 fully saturated rings. The molecule has 0 radical (unpaired) electrons. The van der Waals surface area contributed by atoms with Crippen molar-refractivity contribution in [3.8, 4) is 0 Å². The molecule has 0 aliphatic rings. The fourth-order valence-electron chi connectivity index (χ4n) is 1.19. The number of hydrogen-bond donors (Lipinski definition) is 0. The minimum absolute atomic E-state index is 0.417. The summed E-state index contributed by atoms with van der Waals surface area (Å²) in [7, 11) is 0. The Hall–Kier alpha value is -1.35. The summed E-state index contributed by atoms with van der Waals surface area (Å²) in [4.78, 5) is 14.6. The van der Waals surface area contributed by atoms with E-state index >= 15 is 0 Å². The van der Waals surface area contributed by atoms with Crippen LogP contribution < -0.4 is 0 Å². The monoisotopic (exact) mass is 195 g/mol. The van der Waals surface area contributed by atoms with Gasteiger partial charge in [-0.1, -0.05) is 11.6 Å². The van der Waals surface area contributed by atoms with E-state index in [1.165, 1.54) is 0 Å². The number of oxazole rings is 1. The first kappa shape index (κ1) is 8.26. The first-order valence-electron chi connectivity index (χ1n) is 3.72. The van der Waals surface area contributed by atoms with Gasteiger partial charge in [-0.05, 0) is 12.1 Å². The van der Waals surface area contributed by atoms with Crippen molar-refractivity contribution in [2.45, 2.75) is 6.92 Å². The number of nitrogens with zero attached hydrogens (tertiary/aromatic N) is 1. The van der Waals surface area contributed by atoms with Gasteiger partial charge in [0.15, 0.2) is 11.5 Å². The summed E-state index contributed by atoms with van der Waals surface area (Å²) in [5.74, 6) is 0.542. The molecule has 0 aliphatic heterocycles. The van der Waals surface area contributed by atoms with Gasteiger partial charge in [-0.3, -0.25) is 4.79 Å². The van der Waals surface area contributed by atoms with Gasteiger partial charge in [0.05, 0.1) is 5.02 Å². The van der Waals surface area contributed by atoms with E-state index in [4.69, 9.17) is 16.0 Å². The number of rotatable bonds is 1. The summed E-state index contributed by atoms with van der Waals surface area (Å²) in [5.41, 5.74) is 1.66. The molecule has 0 amide bonds. The van der Waals surface area contributed by atoms with Crippen molar-refractivity contribution in [2.24, 2.45) is 0 Å². The molecule has 1 aromatic carbocycles. The predicted molar refractivity (Wildman–Crippen MR) is 49.1 cm³/mol. The minimum atomic E-state index is 0.417. The van der Waals surface area contributed by atoms with Gasteiger partial charge in [0, 0.05) is 12.5 Å². The average Bonchev–Trinajstić information content (AvgIpc) is 2.46. The normalized spacial score (nSPS) is 10.6. The van der Waals surface area contributed by atoms with Crippen LogP contribution in [0.25, 0.3) is 11.1 Å². The van der Waals surface area contributed by atoms with Crippen molar-refractivity contribution < 1.29 is 9.21 Å². The van der Waals surface area contributed by atoms with E-state index in [-0.39, 0.29) is 0 Å². The molecule has 0 atom stereocenters. The summed E-state index contributed by atoms with van der Waals surface area (Å²) in [5, 5.41) is 0.417. The maximum atomic E-state index is 10.5. The van der Waals surface area contributed by atoms with Gasteiger partial charge in [0.25, 0.3) is 0 Å². The molecule has 0 spiro atoms. The van der Waals surface area contributed by atoms with Crippen LogP contribution in [-0.4, -0.2) is 11.3 Å². The highest BCUT2D eigenvalue weighted by molar-refractivity contribution is 6.35. The zero-order valence-corrected chi connectivity index (χ0v) is 7.63. The predicted octanol–water partition coefficient (Wildman–Crippen LogP) is 2.60. The SMILES string of the molecule is Cc1nc2cc(C=O)cc(Cl)c2o1. The lowest BCUT2D eigenvalue weighted by Crippen LogP contribution is -1.79. The maximum absolute atomic E-state index is 10.5. The molecule has 0 saturated heterocycles. The molecule has 4 heteroatoms. The van der Waals surface area contributed by atoms with Crippen LogP contribution in [-0.2, 0) is 0 Å². The summed E-state index contributed by atoms with van der Waals surface area (Å²) in [6, 6.07) is 3.20. The molecule has 0 aliphatic carbocycles. The summed E-state index contributed by atoms with van der Waals surface area (Å²) < 4.78 is 5.24. The van der Waals surface area contributed by atoms with Crippen LogP contribution in [0, 0.1) is 6.92 Å². The average molecular weight is 196 g/mol. The van der Waals surface area contributed by atoms with Gasteiger partial charge >= 0.3 is 0 Å². The number of aromatic nitrogens is 1. The van der Waals surface area contributed by atoms with E-state index in [0.717, 1.165) is 6.29 Å². The van der Waals surface area contributed by atoms with Gasteiger partial charge in [0.2, 0.25) is 0 Å². The summed E-state index contributed by atoms with van der Waals surface area (Å²) in [6.07, 6.45) is 0.731. The van der Waals surface area contributed by atoms with Gasteiger partial charge in [-0.25, -0.2) is 4.98 Å². The van der Waals surface area contributed by atoms with Crippen molar-refractivity contribution in [2.75, 3.05) is 0 Å². The molecule has 1 aromatic heterocycles. The lowest BCUT2D eigenvalue weighted by atomic mass is 10.2. The number of carbonyl (C=O) groups is 1. The number of aldehydes is 1. The second-order valence-electron chi connectivity index (χ2n) is 2.70. The number of hydrogen-bond acceptors (Lipinski definition) is 3. The van der Waals surface area contributed by atoms with Crippen LogP contribution in [0.3, 0.4) is 0 Å². The van der Waals surface area contributed by atoms with Crippen LogP contribution in [0.4, 0.5) is 0 Å². The van der Waals surface area contributed by atoms with Crippen molar-refractivity contribution >= 4 is 29.0 Å². The molecule has 0 unspecified atom stereocenters. The van der Waals surface area contributed by atoms with Crippen LogP contribution >= 0.6 is 11.6 Å². The first-order chi connectivity index (χ1) is 6.20. The molecule has 2 rings (SSSR count). The zero-order valence-electron chi connectivity index (χ0n) is 6.87. The van der Waals surface area contributed by atoms with E-state index in [2.05, 4.69) is 4.98 Å². The largest absolute Gasteiger partial charge is 0.439 e. The highest BCUT2D eigenvalue weighted by Crippen LogP contribution is 2.25. The second kappa shape index (κ2) is 2.85. The van der Waals surface area contributed by atoms with Crippen LogP contribution in [0.15, 0.2) is 16.5 Å². The van der Waals surface area contributed by atoms with Gasteiger partial charge in [-0.15, -0.1) is 0 Å². The molecule has 2 aromatic rings. The van der Waals surface area contributed by atoms with E-state index in [1.54, 1.807) is 19.1 Å². The van der Waals surface area contributed by atoms with E-state index in [9.17, 15) is 4.79 Å². The Kier molecular flexibility index (Phi) is 1.81. The van der Waals surface area contributed by atoms with Crippen LogP contribution in [0.5, 0.6) is 0 Å². The van der Waals surface area contributed by atoms with Crippen molar-refractivity contribution in [1.29, 1.82) is 0 Å². The smallest absolute Gasteiger partial charge is 0.192 e. The topological polar surface area (TPSA) is 43.1 Å². The first-order valence-corrected chi connectivity index (χ1v) is 4.10. The fourth-order valence-corrected chi connectivity index (χ4v) is 1.45. The number of aryl methyl sites for hydroxylation is 1. The van der Waals surface area contributed by atoms with E-state index in [0.29, 0.717) is 27.6 Å². The number of fused-ring (bicyclic) bond motifs is 1. The molecule has 66 valence electrons. The summed E-state index contributed by atoms with van der Waals surface area (Å²) in [6.45, 7) is 1.73. The van der Waals surface area contributed by atoms with E-state index < -0.39 is 0 Å². The third-order valence-electron chi connectivity index (χ3n) is 1.71. The maximum Gasteiger partial charge on any atom is 0.192 e. The highest BCUT2D eigenvalue weighted by atomic mass is 35.5. The zero-order chi connectivity index (χ0) is 9.42.